The van der Waals surface area contributed by atoms with Crippen molar-refractivity contribution in [2.45, 2.75) is 20.0 Å². The van der Waals surface area contributed by atoms with Crippen LogP contribution in [-0.4, -0.2) is 22.8 Å². The largest absolute Gasteiger partial charge is 0.494 e. The Morgan fingerprint density at radius 1 is 1.77 bits per heavy atom. The minimum absolute atomic E-state index is 0.102. The van der Waals surface area contributed by atoms with Gasteiger partial charge in [0.1, 0.15) is 6.10 Å². The van der Waals surface area contributed by atoms with Crippen LogP contribution >= 0.6 is 0 Å². The van der Waals surface area contributed by atoms with Gasteiger partial charge < -0.3 is 15.6 Å². The number of hydrogen-bond acceptors (Lipinski definition) is 5. The van der Waals surface area contributed by atoms with Crippen LogP contribution in [0.1, 0.15) is 13.8 Å². The van der Waals surface area contributed by atoms with E-state index in [0.717, 1.165) is 0 Å². The third-order valence-electron chi connectivity index (χ3n) is 1.34. The summed E-state index contributed by atoms with van der Waals surface area (Å²) in [5.74, 6) is 0.102. The molecule has 72 valence electrons. The summed E-state index contributed by atoms with van der Waals surface area (Å²) in [5.41, 5.74) is 5.30. The van der Waals surface area contributed by atoms with Crippen molar-refractivity contribution >= 4 is 11.9 Å². The maximum Gasteiger partial charge on any atom is 0.326 e. The highest BCUT2D eigenvalue weighted by Crippen LogP contribution is 2.17. The topological polar surface area (TPSA) is 87.7 Å². The second-order valence-corrected chi connectivity index (χ2v) is 2.88. The standard InChI is InChI=1S/C7H11N3O3/c1-5(2)13-10(7(11)12)4-3-6(8)9-10/h3-5H,1-2H3,(H2-,8,9,11,12)/t10-/m0/s1. The van der Waals surface area contributed by atoms with Gasteiger partial charge in [0, 0.05) is 10.8 Å². The van der Waals surface area contributed by atoms with Crippen LogP contribution in [-0.2, 0) is 4.84 Å². The number of carboxylic acid groups (broad SMARTS) is 1. The van der Waals surface area contributed by atoms with E-state index in [0.29, 0.717) is 0 Å². The zero-order chi connectivity index (χ0) is 10.1. The Kier molecular flexibility index (Phi) is 2.35. The van der Waals surface area contributed by atoms with Crippen LogP contribution in [0.15, 0.2) is 17.4 Å². The number of amidine groups is 1. The summed E-state index contributed by atoms with van der Waals surface area (Å²) >= 11 is 0. The first-order chi connectivity index (χ1) is 5.96. The Labute approximate surface area is 75.4 Å². The van der Waals surface area contributed by atoms with E-state index in [1.165, 1.54) is 12.3 Å². The van der Waals surface area contributed by atoms with E-state index >= 15 is 0 Å². The lowest BCUT2D eigenvalue weighted by molar-refractivity contribution is -1.03. The molecular weight excluding hydrogens is 174 g/mol. The fourth-order valence-corrected chi connectivity index (χ4v) is 0.940. The quantitative estimate of drug-likeness (QED) is 0.575. The van der Waals surface area contributed by atoms with Gasteiger partial charge in [-0.1, -0.05) is 0 Å². The average molecular weight is 185 g/mol. The first kappa shape index (κ1) is 9.69. The van der Waals surface area contributed by atoms with E-state index in [1.54, 1.807) is 13.8 Å². The number of hydroxylamine groups is 2. The van der Waals surface area contributed by atoms with Crippen molar-refractivity contribution in [1.29, 1.82) is 0 Å². The molecular formula is C7H11N3O3. The van der Waals surface area contributed by atoms with Crippen LogP contribution in [0.3, 0.4) is 0 Å². The van der Waals surface area contributed by atoms with Gasteiger partial charge in [-0.2, -0.15) is 4.84 Å². The lowest BCUT2D eigenvalue weighted by Gasteiger charge is -2.23. The van der Waals surface area contributed by atoms with Crippen LogP contribution in [0.4, 0.5) is 4.79 Å². The van der Waals surface area contributed by atoms with Gasteiger partial charge in [0.05, 0.1) is 0 Å². The molecule has 1 amide bonds. The SMILES string of the molecule is CC(C)O[N@+]1(C(=O)[O-])C=CC(N)=N1. The molecule has 0 aromatic heterocycles. The molecule has 1 aliphatic heterocycles. The fraction of sp³-hybridized carbons (Fsp3) is 0.429. The molecule has 0 aromatic rings. The smallest absolute Gasteiger partial charge is 0.326 e. The number of nitrogens with two attached hydrogens (primary N) is 1. The van der Waals surface area contributed by atoms with E-state index in [4.69, 9.17) is 10.6 Å². The lowest BCUT2D eigenvalue weighted by Crippen LogP contribution is -2.51. The molecule has 2 N–H and O–H groups in total. The molecule has 13 heavy (non-hydrogen) atoms. The Morgan fingerprint density at radius 3 is 2.69 bits per heavy atom. The summed E-state index contributed by atoms with van der Waals surface area (Å²) in [6.07, 6.45) is 0.811. The number of carbonyl (C=O) groups excluding carboxylic acids is 1. The zero-order valence-electron chi connectivity index (χ0n) is 7.43. The lowest BCUT2D eigenvalue weighted by atomic mass is 10.5. The van der Waals surface area contributed by atoms with Crippen molar-refractivity contribution in [3.8, 4) is 0 Å². The number of carbonyl (C=O) groups is 1. The first-order valence-electron chi connectivity index (χ1n) is 3.80. The maximum absolute atomic E-state index is 10.7. The van der Waals surface area contributed by atoms with Crippen LogP contribution in [0.2, 0.25) is 0 Å². The van der Waals surface area contributed by atoms with Gasteiger partial charge in [-0.15, -0.1) is 0 Å². The van der Waals surface area contributed by atoms with Gasteiger partial charge in [-0.05, 0) is 18.9 Å². The molecule has 0 bridgehead atoms. The summed E-state index contributed by atoms with van der Waals surface area (Å²) in [5, 5.41) is 14.3. The number of nitrogens with zero attached hydrogens (tertiary/aromatic N) is 2. The van der Waals surface area contributed by atoms with Gasteiger partial charge >= 0.3 is 6.09 Å². The highest BCUT2D eigenvalue weighted by molar-refractivity contribution is 5.92. The molecule has 0 unspecified atom stereocenters. The molecule has 0 fully saturated rings. The number of amides is 1. The van der Waals surface area contributed by atoms with E-state index in [-0.39, 0.29) is 11.9 Å². The molecule has 1 heterocycles. The molecule has 1 rings (SSSR count). The predicted octanol–water partition coefficient (Wildman–Crippen LogP) is -0.714. The van der Waals surface area contributed by atoms with E-state index in [1.807, 2.05) is 0 Å². The number of hydrogen-bond donors (Lipinski definition) is 1. The van der Waals surface area contributed by atoms with E-state index < -0.39 is 10.8 Å². The number of quaternary nitrogens is 1. The summed E-state index contributed by atoms with van der Waals surface area (Å²) in [6, 6.07) is 0. The Bertz CT molecular complexity index is 285. The third kappa shape index (κ3) is 1.85. The minimum Gasteiger partial charge on any atom is -0.494 e. The monoisotopic (exact) mass is 185 g/mol. The van der Waals surface area contributed by atoms with Crippen molar-refractivity contribution < 1.29 is 19.5 Å². The van der Waals surface area contributed by atoms with Gasteiger partial charge in [-0.25, -0.2) is 0 Å². The molecule has 1 aliphatic rings. The highest BCUT2D eigenvalue weighted by Gasteiger charge is 2.36. The Hall–Kier alpha value is -1.40. The molecule has 0 aliphatic carbocycles. The molecule has 6 heteroatoms. The van der Waals surface area contributed by atoms with Gasteiger partial charge in [0.2, 0.25) is 0 Å². The van der Waals surface area contributed by atoms with Crippen LogP contribution in [0, 0.1) is 0 Å². The second kappa shape index (κ2) is 3.15. The van der Waals surface area contributed by atoms with Gasteiger partial charge in [0.15, 0.2) is 12.0 Å². The summed E-state index contributed by atoms with van der Waals surface area (Å²) in [6.45, 7) is 3.39. The highest BCUT2D eigenvalue weighted by atomic mass is 16.8. The van der Waals surface area contributed by atoms with E-state index in [9.17, 15) is 9.90 Å². The van der Waals surface area contributed by atoms with E-state index in [2.05, 4.69) is 5.10 Å². The van der Waals surface area contributed by atoms with Crippen molar-refractivity contribution in [2.75, 3.05) is 0 Å². The third-order valence-corrected chi connectivity index (χ3v) is 1.34. The molecule has 0 radical (unpaired) electrons. The van der Waals surface area contributed by atoms with Crippen molar-refractivity contribution in [2.24, 2.45) is 10.8 Å². The maximum atomic E-state index is 10.7. The summed E-state index contributed by atoms with van der Waals surface area (Å²) < 4.78 is -1.04. The zero-order valence-corrected chi connectivity index (χ0v) is 7.43. The van der Waals surface area contributed by atoms with Gasteiger partial charge in [0.25, 0.3) is 0 Å². The molecule has 0 aromatic carbocycles. The van der Waals surface area contributed by atoms with Crippen LogP contribution in [0.25, 0.3) is 0 Å². The number of rotatable bonds is 2. The average Bonchev–Trinajstić information content (AvgIpc) is 2.31. The molecule has 6 nitrogen and oxygen atoms in total. The summed E-state index contributed by atoms with van der Waals surface area (Å²) in [4.78, 5) is 15.8. The van der Waals surface area contributed by atoms with Crippen LogP contribution < -0.4 is 10.8 Å². The van der Waals surface area contributed by atoms with Crippen molar-refractivity contribution in [1.82, 2.24) is 0 Å². The normalized spacial score (nSPS) is 26.5. The Morgan fingerprint density at radius 2 is 2.38 bits per heavy atom. The van der Waals surface area contributed by atoms with Crippen molar-refractivity contribution in [3.05, 3.63) is 12.3 Å². The van der Waals surface area contributed by atoms with Crippen LogP contribution in [0.5, 0.6) is 0 Å². The first-order valence-corrected chi connectivity index (χ1v) is 3.80. The Balaban J connectivity index is 2.92. The predicted molar refractivity (Wildman–Crippen MR) is 42.6 cm³/mol. The molecule has 0 saturated heterocycles. The minimum atomic E-state index is -1.47. The molecule has 0 saturated carbocycles. The molecule has 0 spiro atoms. The van der Waals surface area contributed by atoms with Crippen molar-refractivity contribution in [3.63, 3.8) is 0 Å². The summed E-state index contributed by atoms with van der Waals surface area (Å²) in [7, 11) is 0. The fourth-order valence-electron chi connectivity index (χ4n) is 0.940. The van der Waals surface area contributed by atoms with Gasteiger partial charge in [-0.3, -0.25) is 0 Å². The molecule has 1 atom stereocenters. The second-order valence-electron chi connectivity index (χ2n) is 2.88.